The van der Waals surface area contributed by atoms with Gasteiger partial charge < -0.3 is 0 Å². The summed E-state index contributed by atoms with van der Waals surface area (Å²) in [5.41, 5.74) is 18.4. The first-order valence-electron chi connectivity index (χ1n) is 21.1. The van der Waals surface area contributed by atoms with E-state index in [-0.39, 0.29) is 5.78 Å². The van der Waals surface area contributed by atoms with Gasteiger partial charge in [-0.25, -0.2) is 0 Å². The fourth-order valence-corrected chi connectivity index (χ4v) is 8.72. The van der Waals surface area contributed by atoms with E-state index in [9.17, 15) is 0 Å². The number of hydrogen-bond donors (Lipinski definition) is 0. The number of rotatable bonds is 10. The fourth-order valence-electron chi connectivity index (χ4n) is 8.72. The molecule has 0 bridgehead atoms. The summed E-state index contributed by atoms with van der Waals surface area (Å²) in [5.74, 6) is -0.0417. The second-order valence-corrected chi connectivity index (χ2v) is 15.6. The second kappa shape index (κ2) is 17.2. The zero-order chi connectivity index (χ0) is 41.7. The molecule has 0 heterocycles. The van der Waals surface area contributed by atoms with Gasteiger partial charge in [-0.1, -0.05) is 218 Å². The molecule has 10 aromatic rings. The molecule has 1 nitrogen and oxygen atoms in total. The van der Waals surface area contributed by atoms with Gasteiger partial charge in [0.25, 0.3) is 0 Å². The first kappa shape index (κ1) is 38.1. The Kier molecular flexibility index (Phi) is 10.6. The third-order valence-corrected chi connectivity index (χ3v) is 11.7. The molecule has 10 aromatic carbocycles. The standard InChI is InChI=1S/C61H42O/c62-61(51-39-47(57-33-17-13-29-53(57)43-21-5-1-6-22-43)37-48(40-51)58-34-18-14-30-54(58)44-23-7-2-8-24-44)52-41-49(59-35-19-15-31-55(59)45-25-9-3-10-26-45)38-50(42-52)60-36-20-16-32-56(60)46-27-11-4-12-28-46/h1-42H. The van der Waals surface area contributed by atoms with Crippen LogP contribution in [0.4, 0.5) is 0 Å². The fraction of sp³-hybridized carbons (Fsp3) is 0. The largest absolute Gasteiger partial charge is 0.289 e. The molecular formula is C61H42O. The van der Waals surface area contributed by atoms with E-state index in [1.807, 2.05) is 24.3 Å². The van der Waals surface area contributed by atoms with E-state index in [0.29, 0.717) is 11.1 Å². The Morgan fingerprint density at radius 3 is 0.581 bits per heavy atom. The minimum absolute atomic E-state index is 0.0417. The highest BCUT2D eigenvalue weighted by Crippen LogP contribution is 2.41. The van der Waals surface area contributed by atoms with Gasteiger partial charge >= 0.3 is 0 Å². The smallest absolute Gasteiger partial charge is 0.193 e. The van der Waals surface area contributed by atoms with Crippen molar-refractivity contribution < 1.29 is 4.79 Å². The molecule has 0 spiro atoms. The van der Waals surface area contributed by atoms with E-state index in [4.69, 9.17) is 0 Å². The number of carbonyl (C=O) groups excluding carboxylic acids is 1. The molecule has 0 amide bonds. The van der Waals surface area contributed by atoms with Crippen LogP contribution in [0.2, 0.25) is 0 Å². The topological polar surface area (TPSA) is 17.1 Å². The lowest BCUT2D eigenvalue weighted by atomic mass is 9.85. The van der Waals surface area contributed by atoms with Gasteiger partial charge in [0.2, 0.25) is 0 Å². The van der Waals surface area contributed by atoms with Crippen molar-refractivity contribution in [2.24, 2.45) is 0 Å². The van der Waals surface area contributed by atoms with E-state index in [1.165, 1.54) is 0 Å². The predicted molar refractivity (Wildman–Crippen MR) is 260 cm³/mol. The lowest BCUT2D eigenvalue weighted by Crippen LogP contribution is -2.04. The van der Waals surface area contributed by atoms with Crippen molar-refractivity contribution in [2.75, 3.05) is 0 Å². The molecule has 10 rings (SSSR count). The SMILES string of the molecule is O=C(c1cc(-c2ccccc2-c2ccccc2)cc(-c2ccccc2-c2ccccc2)c1)c1cc(-c2ccccc2-c2ccccc2)cc(-c2ccccc2-c2ccccc2)c1. The molecule has 62 heavy (non-hydrogen) atoms. The quantitative estimate of drug-likeness (QED) is 0.126. The molecule has 0 atom stereocenters. The highest BCUT2D eigenvalue weighted by Gasteiger charge is 2.20. The van der Waals surface area contributed by atoms with Gasteiger partial charge in [-0.2, -0.15) is 0 Å². The maximum atomic E-state index is 15.6. The normalized spacial score (nSPS) is 11.0. The maximum Gasteiger partial charge on any atom is 0.193 e. The summed E-state index contributed by atoms with van der Waals surface area (Å²) in [4.78, 5) is 15.6. The summed E-state index contributed by atoms with van der Waals surface area (Å²) >= 11 is 0. The minimum Gasteiger partial charge on any atom is -0.289 e. The van der Waals surface area contributed by atoms with Gasteiger partial charge in [0.1, 0.15) is 0 Å². The third-order valence-electron chi connectivity index (χ3n) is 11.7. The first-order valence-corrected chi connectivity index (χ1v) is 21.1. The zero-order valence-corrected chi connectivity index (χ0v) is 34.2. The molecule has 0 radical (unpaired) electrons. The lowest BCUT2D eigenvalue weighted by molar-refractivity contribution is 0.103. The van der Waals surface area contributed by atoms with Gasteiger partial charge in [-0.05, 0) is 125 Å². The molecule has 0 saturated carbocycles. The van der Waals surface area contributed by atoms with Crippen molar-refractivity contribution in [3.63, 3.8) is 0 Å². The molecule has 0 unspecified atom stereocenters. The van der Waals surface area contributed by atoms with Crippen LogP contribution in [0.1, 0.15) is 15.9 Å². The summed E-state index contributed by atoms with van der Waals surface area (Å²) in [7, 11) is 0. The Morgan fingerprint density at radius 2 is 0.371 bits per heavy atom. The van der Waals surface area contributed by atoms with Crippen molar-refractivity contribution in [3.8, 4) is 89.0 Å². The van der Waals surface area contributed by atoms with Crippen molar-refractivity contribution in [1.82, 2.24) is 0 Å². The molecular weight excluding hydrogens is 749 g/mol. The maximum absolute atomic E-state index is 15.6. The zero-order valence-electron chi connectivity index (χ0n) is 34.2. The average Bonchev–Trinajstić information content (AvgIpc) is 3.37. The van der Waals surface area contributed by atoms with Crippen LogP contribution >= 0.6 is 0 Å². The van der Waals surface area contributed by atoms with Crippen molar-refractivity contribution in [1.29, 1.82) is 0 Å². The summed E-state index contributed by atoms with van der Waals surface area (Å²) in [6, 6.07) is 88.7. The van der Waals surface area contributed by atoms with Crippen molar-refractivity contribution >= 4 is 5.78 Å². The Labute approximate surface area is 363 Å². The summed E-state index contributed by atoms with van der Waals surface area (Å²) in [5, 5.41) is 0. The van der Waals surface area contributed by atoms with Crippen molar-refractivity contribution in [3.05, 3.63) is 266 Å². The number of benzene rings is 10. The van der Waals surface area contributed by atoms with Crippen LogP contribution in [0.25, 0.3) is 89.0 Å². The predicted octanol–water partition coefficient (Wildman–Crippen LogP) is 16.3. The molecule has 292 valence electrons. The number of hydrogen-bond acceptors (Lipinski definition) is 1. The Hall–Kier alpha value is -8.13. The van der Waals surface area contributed by atoms with Gasteiger partial charge in [0.05, 0.1) is 0 Å². The Bertz CT molecular complexity index is 2750. The Morgan fingerprint density at radius 1 is 0.194 bits per heavy atom. The van der Waals surface area contributed by atoms with E-state index < -0.39 is 0 Å². The van der Waals surface area contributed by atoms with E-state index in [2.05, 4.69) is 231 Å². The van der Waals surface area contributed by atoms with Gasteiger partial charge in [-0.15, -0.1) is 0 Å². The number of carbonyl (C=O) groups is 1. The summed E-state index contributed by atoms with van der Waals surface area (Å²) in [6.07, 6.45) is 0. The second-order valence-electron chi connectivity index (χ2n) is 15.6. The van der Waals surface area contributed by atoms with Gasteiger partial charge in [0.15, 0.2) is 5.78 Å². The third kappa shape index (κ3) is 7.72. The number of ketones is 1. The van der Waals surface area contributed by atoms with E-state index in [1.54, 1.807) is 0 Å². The van der Waals surface area contributed by atoms with Crippen LogP contribution in [0.3, 0.4) is 0 Å². The van der Waals surface area contributed by atoms with E-state index in [0.717, 1.165) is 89.0 Å². The lowest BCUT2D eigenvalue weighted by Gasteiger charge is -2.18. The monoisotopic (exact) mass is 790 g/mol. The van der Waals surface area contributed by atoms with Crippen LogP contribution in [0, 0.1) is 0 Å². The molecule has 0 aliphatic heterocycles. The summed E-state index contributed by atoms with van der Waals surface area (Å²) < 4.78 is 0. The van der Waals surface area contributed by atoms with Crippen LogP contribution in [-0.2, 0) is 0 Å². The highest BCUT2D eigenvalue weighted by atomic mass is 16.1. The van der Waals surface area contributed by atoms with Crippen molar-refractivity contribution in [2.45, 2.75) is 0 Å². The Balaban J connectivity index is 1.20. The molecule has 0 aliphatic carbocycles. The first-order chi connectivity index (χ1) is 30.7. The van der Waals surface area contributed by atoms with Gasteiger partial charge in [-0.3, -0.25) is 4.79 Å². The summed E-state index contributed by atoms with van der Waals surface area (Å²) in [6.45, 7) is 0. The van der Waals surface area contributed by atoms with Crippen LogP contribution in [0.5, 0.6) is 0 Å². The minimum atomic E-state index is -0.0417. The van der Waals surface area contributed by atoms with Crippen LogP contribution in [0.15, 0.2) is 255 Å². The van der Waals surface area contributed by atoms with E-state index >= 15 is 4.79 Å². The van der Waals surface area contributed by atoms with Crippen LogP contribution < -0.4 is 0 Å². The molecule has 1 heteroatoms. The van der Waals surface area contributed by atoms with Gasteiger partial charge in [0, 0.05) is 11.1 Å². The highest BCUT2D eigenvalue weighted by molar-refractivity contribution is 6.12. The molecule has 0 fully saturated rings. The average molecular weight is 791 g/mol. The molecule has 0 aliphatic rings. The molecule has 0 saturated heterocycles. The molecule has 0 aromatic heterocycles. The molecule has 0 N–H and O–H groups in total. The van der Waals surface area contributed by atoms with Crippen LogP contribution in [-0.4, -0.2) is 5.78 Å².